The summed E-state index contributed by atoms with van der Waals surface area (Å²) in [5.74, 6) is 0.323. The van der Waals surface area contributed by atoms with Gasteiger partial charge in [0.1, 0.15) is 23.9 Å². The van der Waals surface area contributed by atoms with Gasteiger partial charge >= 0.3 is 0 Å². The zero-order chi connectivity index (χ0) is 19.3. The van der Waals surface area contributed by atoms with Crippen molar-refractivity contribution in [2.24, 2.45) is 0 Å². The van der Waals surface area contributed by atoms with Crippen LogP contribution in [0.25, 0.3) is 16.9 Å². The molecule has 0 aliphatic carbocycles. The topological polar surface area (TPSA) is 44.1 Å². The zero-order valence-electron chi connectivity index (χ0n) is 15.0. The first-order valence-electron chi connectivity index (χ1n) is 8.81. The number of rotatable bonds is 6. The molecule has 1 heterocycles. The monoisotopic (exact) mass is 372 g/mol. The van der Waals surface area contributed by atoms with Crippen LogP contribution in [0.2, 0.25) is 0 Å². The Kier molecular flexibility index (Phi) is 4.97. The van der Waals surface area contributed by atoms with Crippen LogP contribution in [-0.2, 0) is 6.61 Å². The second-order valence-electron chi connectivity index (χ2n) is 6.24. The lowest BCUT2D eigenvalue weighted by Gasteiger charge is -2.08. The molecule has 0 spiro atoms. The number of hydrogen-bond acceptors (Lipinski definition) is 3. The van der Waals surface area contributed by atoms with Crippen molar-refractivity contribution in [1.29, 1.82) is 0 Å². The molecule has 28 heavy (non-hydrogen) atoms. The lowest BCUT2D eigenvalue weighted by atomic mass is 10.1. The van der Waals surface area contributed by atoms with Crippen molar-refractivity contribution in [2.45, 2.75) is 6.61 Å². The quantitative estimate of drug-likeness (QED) is 0.444. The maximum Gasteiger partial charge on any atom is 0.153 e. The Morgan fingerprint density at radius 1 is 0.929 bits per heavy atom. The number of nitrogens with zero attached hydrogens (tertiary/aromatic N) is 2. The van der Waals surface area contributed by atoms with Crippen molar-refractivity contribution >= 4 is 6.29 Å². The summed E-state index contributed by atoms with van der Waals surface area (Å²) in [5.41, 5.74) is 3.27. The second-order valence-corrected chi connectivity index (χ2v) is 6.24. The van der Waals surface area contributed by atoms with Crippen LogP contribution in [0.3, 0.4) is 0 Å². The van der Waals surface area contributed by atoms with Gasteiger partial charge in [-0.2, -0.15) is 5.10 Å². The molecule has 0 N–H and O–H groups in total. The van der Waals surface area contributed by atoms with E-state index < -0.39 is 0 Å². The molecule has 0 atom stereocenters. The van der Waals surface area contributed by atoms with Gasteiger partial charge in [-0.3, -0.25) is 4.79 Å². The molecule has 3 aromatic carbocycles. The summed E-state index contributed by atoms with van der Waals surface area (Å²) in [4.78, 5) is 11.5. The number of aldehydes is 1. The molecule has 4 rings (SSSR count). The summed E-state index contributed by atoms with van der Waals surface area (Å²) < 4.78 is 21.0. The van der Waals surface area contributed by atoms with Gasteiger partial charge in [-0.25, -0.2) is 9.07 Å². The third-order valence-electron chi connectivity index (χ3n) is 4.37. The van der Waals surface area contributed by atoms with Gasteiger partial charge in [0.05, 0.1) is 11.3 Å². The first-order chi connectivity index (χ1) is 13.7. The predicted octanol–water partition coefficient (Wildman–Crippen LogP) is 5.07. The Morgan fingerprint density at radius 3 is 2.36 bits per heavy atom. The van der Waals surface area contributed by atoms with Crippen LogP contribution < -0.4 is 4.74 Å². The van der Waals surface area contributed by atoms with Crippen LogP contribution in [0.1, 0.15) is 15.9 Å². The minimum absolute atomic E-state index is 0.147. The Morgan fingerprint density at radius 2 is 1.64 bits per heavy atom. The van der Waals surface area contributed by atoms with Crippen LogP contribution in [-0.4, -0.2) is 16.1 Å². The summed E-state index contributed by atoms with van der Waals surface area (Å²) in [6.45, 7) is 0.147. The molecule has 138 valence electrons. The SMILES string of the molecule is O=Cc1cn(-c2ccccc2)nc1-c1ccc(OCc2ccccc2F)cc1. The van der Waals surface area contributed by atoms with Crippen molar-refractivity contribution in [2.75, 3.05) is 0 Å². The molecule has 0 aliphatic rings. The molecule has 5 heteroatoms. The maximum absolute atomic E-state index is 13.7. The number of halogens is 1. The molecule has 0 fully saturated rings. The van der Waals surface area contributed by atoms with Gasteiger partial charge in [0.15, 0.2) is 6.29 Å². The van der Waals surface area contributed by atoms with Gasteiger partial charge in [-0.15, -0.1) is 0 Å². The molecule has 0 bridgehead atoms. The normalized spacial score (nSPS) is 10.6. The highest BCUT2D eigenvalue weighted by Crippen LogP contribution is 2.25. The van der Waals surface area contributed by atoms with Crippen molar-refractivity contribution in [3.8, 4) is 22.7 Å². The van der Waals surface area contributed by atoms with E-state index in [4.69, 9.17) is 4.74 Å². The number of carbonyl (C=O) groups is 1. The number of carbonyl (C=O) groups excluding carboxylic acids is 1. The summed E-state index contributed by atoms with van der Waals surface area (Å²) in [6.07, 6.45) is 2.50. The van der Waals surface area contributed by atoms with Gasteiger partial charge < -0.3 is 4.74 Å². The number of aromatic nitrogens is 2. The summed E-state index contributed by atoms with van der Waals surface area (Å²) in [7, 11) is 0. The second kappa shape index (κ2) is 7.88. The van der Waals surface area contributed by atoms with Crippen molar-refractivity contribution in [3.63, 3.8) is 0 Å². The highest BCUT2D eigenvalue weighted by atomic mass is 19.1. The third-order valence-corrected chi connectivity index (χ3v) is 4.37. The zero-order valence-corrected chi connectivity index (χ0v) is 15.0. The van der Waals surface area contributed by atoms with E-state index in [9.17, 15) is 9.18 Å². The van der Waals surface area contributed by atoms with Gasteiger partial charge in [0.25, 0.3) is 0 Å². The molecule has 4 nitrogen and oxygen atoms in total. The number of benzene rings is 3. The minimum atomic E-state index is -0.291. The molecule has 1 aromatic heterocycles. The van der Waals surface area contributed by atoms with Gasteiger partial charge in [0.2, 0.25) is 0 Å². The van der Waals surface area contributed by atoms with E-state index in [0.29, 0.717) is 22.6 Å². The summed E-state index contributed by atoms with van der Waals surface area (Å²) in [6, 6.07) is 23.4. The van der Waals surface area contributed by atoms with Gasteiger partial charge in [-0.05, 0) is 42.5 Å². The largest absolute Gasteiger partial charge is 0.489 e. The molecule has 0 saturated carbocycles. The van der Waals surface area contributed by atoms with Crippen LogP contribution in [0.4, 0.5) is 4.39 Å². The van der Waals surface area contributed by atoms with Crippen LogP contribution in [0, 0.1) is 5.82 Å². The Labute approximate surface area is 161 Å². The standard InChI is InChI=1S/C23H17FN2O2/c24-22-9-5-4-6-18(22)16-28-21-12-10-17(11-13-21)23-19(15-27)14-26(25-23)20-7-2-1-3-8-20/h1-15H,16H2. The average Bonchev–Trinajstić information content (AvgIpc) is 3.19. The van der Waals surface area contributed by atoms with E-state index >= 15 is 0 Å². The van der Waals surface area contributed by atoms with Gasteiger partial charge in [-0.1, -0.05) is 36.4 Å². The van der Waals surface area contributed by atoms with Crippen molar-refractivity contribution in [3.05, 3.63) is 102 Å². The maximum atomic E-state index is 13.7. The first kappa shape index (κ1) is 17.7. The summed E-state index contributed by atoms with van der Waals surface area (Å²) in [5, 5.41) is 4.55. The first-order valence-corrected chi connectivity index (χ1v) is 8.81. The van der Waals surface area contributed by atoms with E-state index in [-0.39, 0.29) is 12.4 Å². The predicted molar refractivity (Wildman–Crippen MR) is 105 cm³/mol. The number of para-hydroxylation sites is 1. The molecular formula is C23H17FN2O2. The number of ether oxygens (including phenoxy) is 1. The highest BCUT2D eigenvalue weighted by Gasteiger charge is 2.12. The average molecular weight is 372 g/mol. The lowest BCUT2D eigenvalue weighted by molar-refractivity contribution is 0.112. The van der Waals surface area contributed by atoms with Crippen LogP contribution in [0.5, 0.6) is 5.75 Å². The van der Waals surface area contributed by atoms with E-state index in [1.54, 1.807) is 41.2 Å². The van der Waals surface area contributed by atoms with E-state index in [2.05, 4.69) is 5.10 Å². The fourth-order valence-electron chi connectivity index (χ4n) is 2.90. The molecule has 0 unspecified atom stereocenters. The van der Waals surface area contributed by atoms with Crippen LogP contribution in [0.15, 0.2) is 85.1 Å². The smallest absolute Gasteiger partial charge is 0.153 e. The lowest BCUT2D eigenvalue weighted by Crippen LogP contribution is -1.98. The third kappa shape index (κ3) is 3.69. The molecule has 0 radical (unpaired) electrons. The van der Waals surface area contributed by atoms with Crippen molar-refractivity contribution in [1.82, 2.24) is 9.78 Å². The van der Waals surface area contributed by atoms with E-state index in [1.165, 1.54) is 6.07 Å². The number of hydrogen-bond donors (Lipinski definition) is 0. The van der Waals surface area contributed by atoms with E-state index in [0.717, 1.165) is 17.5 Å². The Hall–Kier alpha value is -3.73. The molecule has 0 amide bonds. The van der Waals surface area contributed by atoms with Crippen LogP contribution >= 0.6 is 0 Å². The highest BCUT2D eigenvalue weighted by molar-refractivity contribution is 5.85. The summed E-state index contributed by atoms with van der Waals surface area (Å²) >= 11 is 0. The molecular weight excluding hydrogens is 355 g/mol. The minimum Gasteiger partial charge on any atom is -0.489 e. The Balaban J connectivity index is 1.55. The fraction of sp³-hybridized carbons (Fsp3) is 0.0435. The fourth-order valence-corrected chi connectivity index (χ4v) is 2.90. The van der Waals surface area contributed by atoms with Crippen molar-refractivity contribution < 1.29 is 13.9 Å². The molecule has 0 saturated heterocycles. The molecule has 4 aromatic rings. The van der Waals surface area contributed by atoms with E-state index in [1.807, 2.05) is 42.5 Å². The Bertz CT molecular complexity index is 1090. The van der Waals surface area contributed by atoms with Gasteiger partial charge in [0, 0.05) is 17.3 Å². The molecule has 0 aliphatic heterocycles.